The Bertz CT molecular complexity index is 545. The van der Waals surface area contributed by atoms with E-state index < -0.39 is 11.7 Å². The summed E-state index contributed by atoms with van der Waals surface area (Å²) in [6, 6.07) is 4.50. The van der Waals surface area contributed by atoms with Gasteiger partial charge in [0.15, 0.2) is 6.19 Å². The minimum absolute atomic E-state index is 0.0164. The lowest BCUT2D eigenvalue weighted by atomic mass is 9.79. The first-order valence-electron chi connectivity index (χ1n) is 6.03. The van der Waals surface area contributed by atoms with Crippen molar-refractivity contribution in [2.75, 3.05) is 5.32 Å². The largest absolute Gasteiger partial charge is 0.416 e. The monoisotopic (exact) mass is 283 g/mol. The van der Waals surface area contributed by atoms with Gasteiger partial charge in [0.2, 0.25) is 5.91 Å². The van der Waals surface area contributed by atoms with Gasteiger partial charge in [0.05, 0.1) is 5.56 Å². The van der Waals surface area contributed by atoms with Crippen LogP contribution in [0.1, 0.15) is 18.4 Å². The van der Waals surface area contributed by atoms with Crippen LogP contribution in [0.25, 0.3) is 0 Å². The lowest BCUT2D eigenvalue weighted by Crippen LogP contribution is -2.44. The van der Waals surface area contributed by atoms with Gasteiger partial charge >= 0.3 is 6.18 Å². The van der Waals surface area contributed by atoms with Gasteiger partial charge < -0.3 is 10.6 Å². The molecule has 2 N–H and O–H groups in total. The predicted octanol–water partition coefficient (Wildman–Crippen LogP) is 2.49. The van der Waals surface area contributed by atoms with E-state index in [-0.39, 0.29) is 23.6 Å². The van der Waals surface area contributed by atoms with Gasteiger partial charge in [-0.3, -0.25) is 4.79 Å². The number of nitrogens with zero attached hydrogens (tertiary/aromatic N) is 1. The smallest absolute Gasteiger partial charge is 0.326 e. The minimum atomic E-state index is -4.43. The molecule has 0 aliphatic heterocycles. The zero-order valence-electron chi connectivity index (χ0n) is 10.4. The van der Waals surface area contributed by atoms with Gasteiger partial charge in [-0.05, 0) is 31.0 Å². The third kappa shape index (κ3) is 3.20. The minimum Gasteiger partial charge on any atom is -0.326 e. The molecule has 106 valence electrons. The molecule has 1 amide bonds. The zero-order chi connectivity index (χ0) is 14.8. The highest BCUT2D eigenvalue weighted by molar-refractivity contribution is 5.93. The van der Waals surface area contributed by atoms with E-state index in [4.69, 9.17) is 5.26 Å². The van der Waals surface area contributed by atoms with Crippen LogP contribution >= 0.6 is 0 Å². The number of nitriles is 1. The van der Waals surface area contributed by atoms with Gasteiger partial charge in [-0.2, -0.15) is 18.4 Å². The first-order chi connectivity index (χ1) is 9.40. The normalized spacial score (nSPS) is 21.5. The van der Waals surface area contributed by atoms with E-state index in [1.54, 1.807) is 6.19 Å². The van der Waals surface area contributed by atoms with Crippen LogP contribution in [0.4, 0.5) is 18.9 Å². The predicted molar refractivity (Wildman–Crippen MR) is 65.3 cm³/mol. The second-order valence-corrected chi connectivity index (χ2v) is 4.69. The summed E-state index contributed by atoms with van der Waals surface area (Å²) in [5.74, 6) is -0.587. The van der Waals surface area contributed by atoms with Crippen molar-refractivity contribution in [1.82, 2.24) is 5.32 Å². The molecule has 0 unspecified atom stereocenters. The van der Waals surface area contributed by atoms with Crippen LogP contribution in [0.2, 0.25) is 0 Å². The number of hydrogen-bond donors (Lipinski definition) is 2. The van der Waals surface area contributed by atoms with Crippen LogP contribution < -0.4 is 10.6 Å². The molecular weight excluding hydrogens is 271 g/mol. The number of hydrogen-bond acceptors (Lipinski definition) is 3. The fraction of sp³-hybridized carbons (Fsp3) is 0.385. The van der Waals surface area contributed by atoms with Gasteiger partial charge in [0, 0.05) is 17.6 Å². The SMILES string of the molecule is N#CN[C@H]1C[C@H](C(=O)Nc2cccc(C(F)(F)F)c2)C1. The van der Waals surface area contributed by atoms with Crippen molar-refractivity contribution < 1.29 is 18.0 Å². The molecule has 20 heavy (non-hydrogen) atoms. The quantitative estimate of drug-likeness (QED) is 0.661. The number of anilines is 1. The number of alkyl halides is 3. The Morgan fingerprint density at radius 2 is 2.05 bits per heavy atom. The first kappa shape index (κ1) is 14.2. The molecule has 0 atom stereocenters. The maximum Gasteiger partial charge on any atom is 0.416 e. The summed E-state index contributed by atoms with van der Waals surface area (Å²) in [4.78, 5) is 11.8. The van der Waals surface area contributed by atoms with Crippen molar-refractivity contribution in [3.05, 3.63) is 29.8 Å². The summed E-state index contributed by atoms with van der Waals surface area (Å²) in [6.45, 7) is 0. The maximum absolute atomic E-state index is 12.5. The number of halogens is 3. The van der Waals surface area contributed by atoms with E-state index in [0.29, 0.717) is 12.8 Å². The second kappa shape index (κ2) is 5.41. The second-order valence-electron chi connectivity index (χ2n) is 4.69. The number of carbonyl (C=O) groups excluding carboxylic acids is 1. The van der Waals surface area contributed by atoms with Gasteiger partial charge in [-0.1, -0.05) is 6.07 Å². The molecule has 1 aliphatic carbocycles. The van der Waals surface area contributed by atoms with Crippen molar-refractivity contribution in [1.29, 1.82) is 5.26 Å². The van der Waals surface area contributed by atoms with Crippen molar-refractivity contribution >= 4 is 11.6 Å². The number of benzene rings is 1. The lowest BCUT2D eigenvalue weighted by Gasteiger charge is -2.32. The van der Waals surface area contributed by atoms with E-state index >= 15 is 0 Å². The van der Waals surface area contributed by atoms with Gasteiger partial charge in [0.25, 0.3) is 0 Å². The molecule has 0 radical (unpaired) electrons. The Morgan fingerprint density at radius 1 is 1.35 bits per heavy atom. The molecular formula is C13H12F3N3O. The fourth-order valence-electron chi connectivity index (χ4n) is 2.06. The molecule has 1 fully saturated rings. The third-order valence-electron chi connectivity index (χ3n) is 3.23. The average Bonchev–Trinajstić information content (AvgIpc) is 2.32. The van der Waals surface area contributed by atoms with E-state index in [2.05, 4.69) is 10.6 Å². The summed E-state index contributed by atoms with van der Waals surface area (Å²) in [7, 11) is 0. The number of amides is 1. The zero-order valence-corrected chi connectivity index (χ0v) is 10.4. The Labute approximate surface area is 113 Å². The highest BCUT2D eigenvalue weighted by Gasteiger charge is 2.35. The average molecular weight is 283 g/mol. The molecule has 1 aliphatic rings. The molecule has 0 saturated heterocycles. The van der Waals surface area contributed by atoms with Crippen LogP contribution in [0.3, 0.4) is 0 Å². The molecule has 4 nitrogen and oxygen atoms in total. The summed E-state index contributed by atoms with van der Waals surface area (Å²) in [5, 5.41) is 13.4. The maximum atomic E-state index is 12.5. The van der Waals surface area contributed by atoms with E-state index in [9.17, 15) is 18.0 Å². The van der Waals surface area contributed by atoms with Crippen molar-refractivity contribution in [3.63, 3.8) is 0 Å². The first-order valence-corrected chi connectivity index (χ1v) is 6.03. The van der Waals surface area contributed by atoms with Gasteiger partial charge in [-0.15, -0.1) is 0 Å². The van der Waals surface area contributed by atoms with Crippen molar-refractivity contribution in [2.24, 2.45) is 5.92 Å². The number of carbonyl (C=O) groups is 1. The highest BCUT2D eigenvalue weighted by atomic mass is 19.4. The Hall–Kier alpha value is -2.23. The number of nitrogens with one attached hydrogen (secondary N) is 2. The van der Waals surface area contributed by atoms with Crippen LogP contribution in [0, 0.1) is 17.4 Å². The Balaban J connectivity index is 1.94. The molecule has 0 bridgehead atoms. The Kier molecular flexibility index (Phi) is 3.84. The molecule has 2 rings (SSSR count). The number of rotatable bonds is 3. The van der Waals surface area contributed by atoms with Crippen LogP contribution in [-0.2, 0) is 11.0 Å². The van der Waals surface area contributed by atoms with Crippen molar-refractivity contribution in [2.45, 2.75) is 25.1 Å². The lowest BCUT2D eigenvalue weighted by molar-refractivity contribution is -0.137. The van der Waals surface area contributed by atoms with Crippen molar-refractivity contribution in [3.8, 4) is 6.19 Å². The highest BCUT2D eigenvalue weighted by Crippen LogP contribution is 2.32. The van der Waals surface area contributed by atoms with E-state index in [0.717, 1.165) is 12.1 Å². The molecule has 1 saturated carbocycles. The third-order valence-corrected chi connectivity index (χ3v) is 3.23. The standard InChI is InChI=1S/C13H12F3N3O/c14-13(15,16)9-2-1-3-10(6-9)19-12(20)8-4-11(5-8)18-7-17/h1-3,6,8,11,18H,4-5H2,(H,19,20)/t8-,11-. The summed E-state index contributed by atoms with van der Waals surface area (Å²) < 4.78 is 37.6. The van der Waals surface area contributed by atoms with Crippen LogP contribution in [-0.4, -0.2) is 11.9 Å². The van der Waals surface area contributed by atoms with E-state index in [1.165, 1.54) is 12.1 Å². The van der Waals surface area contributed by atoms with Crippen LogP contribution in [0.15, 0.2) is 24.3 Å². The topological polar surface area (TPSA) is 64.9 Å². The van der Waals surface area contributed by atoms with E-state index in [1.807, 2.05) is 0 Å². The fourth-order valence-corrected chi connectivity index (χ4v) is 2.06. The van der Waals surface area contributed by atoms with Gasteiger partial charge in [-0.25, -0.2) is 0 Å². The van der Waals surface area contributed by atoms with Crippen LogP contribution in [0.5, 0.6) is 0 Å². The summed E-state index contributed by atoms with van der Waals surface area (Å²) in [5.41, 5.74) is -0.672. The summed E-state index contributed by atoms with van der Waals surface area (Å²) >= 11 is 0. The molecule has 0 spiro atoms. The molecule has 1 aromatic rings. The molecule has 0 aromatic heterocycles. The molecule has 7 heteroatoms. The Morgan fingerprint density at radius 3 is 2.65 bits per heavy atom. The van der Waals surface area contributed by atoms with Gasteiger partial charge in [0.1, 0.15) is 0 Å². The molecule has 0 heterocycles. The molecule has 1 aromatic carbocycles. The summed E-state index contributed by atoms with van der Waals surface area (Å²) in [6.07, 6.45) is -1.61.